The monoisotopic (exact) mass is 364 g/mol. The van der Waals surface area contributed by atoms with Crippen molar-refractivity contribution in [2.75, 3.05) is 13.7 Å². The van der Waals surface area contributed by atoms with E-state index in [2.05, 4.69) is 21.7 Å². The number of aryl methyl sites for hydroxylation is 2. The van der Waals surface area contributed by atoms with Crippen LogP contribution < -0.4 is 9.47 Å². The molecule has 2 heterocycles. The van der Waals surface area contributed by atoms with Crippen LogP contribution in [-0.2, 0) is 13.0 Å². The lowest BCUT2D eigenvalue weighted by Crippen LogP contribution is -2.13. The van der Waals surface area contributed by atoms with E-state index in [1.807, 2.05) is 32.0 Å². The zero-order valence-corrected chi connectivity index (χ0v) is 15.9. The maximum atomic E-state index is 12.6. The van der Waals surface area contributed by atoms with Crippen molar-refractivity contribution >= 4 is 5.78 Å². The van der Waals surface area contributed by atoms with Gasteiger partial charge < -0.3 is 14.0 Å². The highest BCUT2D eigenvalue weighted by Gasteiger charge is 2.16. The smallest absolute Gasteiger partial charge is 0.202 e. The Morgan fingerprint density at radius 1 is 1.04 bits per heavy atom. The molecule has 3 aromatic rings. The molecule has 5 nitrogen and oxygen atoms in total. The Balaban J connectivity index is 1.65. The third-order valence-corrected chi connectivity index (χ3v) is 4.68. The van der Waals surface area contributed by atoms with Crippen LogP contribution in [0.15, 0.2) is 54.9 Å². The van der Waals surface area contributed by atoms with Crippen LogP contribution in [0.5, 0.6) is 11.5 Å². The number of aromatic nitrogens is 2. The van der Waals surface area contributed by atoms with Gasteiger partial charge in [-0.2, -0.15) is 0 Å². The fourth-order valence-electron chi connectivity index (χ4n) is 3.12. The molecular formula is C22H24N2O3. The molecule has 2 aromatic heterocycles. The summed E-state index contributed by atoms with van der Waals surface area (Å²) in [6.07, 6.45) is 4.18. The normalized spacial score (nSPS) is 10.6. The largest absolute Gasteiger partial charge is 0.497 e. The van der Waals surface area contributed by atoms with Gasteiger partial charge in [0, 0.05) is 35.9 Å². The van der Waals surface area contributed by atoms with Crippen LogP contribution in [0.3, 0.4) is 0 Å². The summed E-state index contributed by atoms with van der Waals surface area (Å²) < 4.78 is 12.9. The van der Waals surface area contributed by atoms with Crippen LogP contribution in [0.1, 0.15) is 27.3 Å². The summed E-state index contributed by atoms with van der Waals surface area (Å²) in [6.45, 7) is 4.86. The third-order valence-electron chi connectivity index (χ3n) is 4.68. The lowest BCUT2D eigenvalue weighted by atomic mass is 10.1. The number of hydrogen-bond acceptors (Lipinski definition) is 4. The Hall–Kier alpha value is -3.08. The van der Waals surface area contributed by atoms with Crippen molar-refractivity contribution < 1.29 is 14.3 Å². The first kappa shape index (κ1) is 18.7. The van der Waals surface area contributed by atoms with Crippen LogP contribution in [0.25, 0.3) is 0 Å². The number of carbonyl (C=O) groups is 1. The number of carbonyl (C=O) groups excluding carboxylic acids is 1. The van der Waals surface area contributed by atoms with Gasteiger partial charge in [0.1, 0.15) is 11.5 Å². The van der Waals surface area contributed by atoms with Crippen LogP contribution >= 0.6 is 0 Å². The third kappa shape index (κ3) is 4.56. The van der Waals surface area contributed by atoms with Gasteiger partial charge in [-0.15, -0.1) is 0 Å². The second kappa shape index (κ2) is 8.54. The molecule has 0 aliphatic carbocycles. The van der Waals surface area contributed by atoms with Gasteiger partial charge in [-0.25, -0.2) is 0 Å². The number of ketones is 1. The first-order valence-corrected chi connectivity index (χ1v) is 8.94. The number of nitrogens with zero attached hydrogens (tertiary/aromatic N) is 2. The number of pyridine rings is 1. The molecule has 0 fully saturated rings. The van der Waals surface area contributed by atoms with E-state index >= 15 is 0 Å². The van der Waals surface area contributed by atoms with Crippen molar-refractivity contribution in [3.8, 4) is 11.5 Å². The quantitative estimate of drug-likeness (QED) is 0.567. The van der Waals surface area contributed by atoms with Gasteiger partial charge in [0.2, 0.25) is 5.78 Å². The highest BCUT2D eigenvalue weighted by Crippen LogP contribution is 2.18. The number of methoxy groups -OCH3 is 1. The van der Waals surface area contributed by atoms with Gasteiger partial charge in [-0.3, -0.25) is 9.78 Å². The van der Waals surface area contributed by atoms with Gasteiger partial charge in [0.05, 0.1) is 7.11 Å². The van der Waals surface area contributed by atoms with Crippen molar-refractivity contribution in [3.05, 3.63) is 77.4 Å². The van der Waals surface area contributed by atoms with E-state index in [0.717, 1.165) is 35.7 Å². The fourth-order valence-corrected chi connectivity index (χ4v) is 3.12. The molecule has 0 bridgehead atoms. The lowest BCUT2D eigenvalue weighted by molar-refractivity contribution is 0.0920. The molecule has 0 unspecified atom stereocenters. The standard InChI is InChI=1S/C22H24N2O3/c1-16-14-21(22(25)15-27-20-8-11-23-12-9-20)17(2)24(16)13-10-18-4-6-19(26-3)7-5-18/h4-9,11-12,14H,10,13,15H2,1-3H3. The minimum atomic E-state index is -0.0180. The first-order valence-electron chi connectivity index (χ1n) is 8.94. The predicted octanol–water partition coefficient (Wildman–Crippen LogP) is 4.01. The molecule has 0 aliphatic heterocycles. The Bertz CT molecular complexity index is 899. The van der Waals surface area contributed by atoms with Gasteiger partial charge in [-0.05, 0) is 56.2 Å². The molecule has 0 aliphatic rings. The highest BCUT2D eigenvalue weighted by molar-refractivity contribution is 5.98. The molecule has 0 saturated heterocycles. The van der Waals surface area contributed by atoms with E-state index in [4.69, 9.17) is 9.47 Å². The minimum Gasteiger partial charge on any atom is -0.497 e. The summed E-state index contributed by atoms with van der Waals surface area (Å²) in [6, 6.07) is 13.5. The van der Waals surface area contributed by atoms with E-state index in [-0.39, 0.29) is 12.4 Å². The van der Waals surface area contributed by atoms with Crippen LogP contribution in [0.2, 0.25) is 0 Å². The fraction of sp³-hybridized carbons (Fsp3) is 0.273. The molecule has 0 spiro atoms. The Morgan fingerprint density at radius 3 is 2.41 bits per heavy atom. The number of benzene rings is 1. The lowest BCUT2D eigenvalue weighted by Gasteiger charge is -2.10. The van der Waals surface area contributed by atoms with Crippen molar-refractivity contribution in [1.82, 2.24) is 9.55 Å². The average molecular weight is 364 g/mol. The zero-order valence-electron chi connectivity index (χ0n) is 15.9. The summed E-state index contributed by atoms with van der Waals surface area (Å²) in [5.41, 5.74) is 4.01. The molecule has 5 heteroatoms. The molecular weight excluding hydrogens is 340 g/mol. The first-order chi connectivity index (χ1) is 13.1. The van der Waals surface area contributed by atoms with Gasteiger partial charge in [-0.1, -0.05) is 12.1 Å². The van der Waals surface area contributed by atoms with Crippen LogP contribution in [-0.4, -0.2) is 29.1 Å². The van der Waals surface area contributed by atoms with Crippen molar-refractivity contribution in [2.24, 2.45) is 0 Å². The van der Waals surface area contributed by atoms with Gasteiger partial charge in [0.15, 0.2) is 6.61 Å². The summed E-state index contributed by atoms with van der Waals surface area (Å²) in [5, 5.41) is 0. The predicted molar refractivity (Wildman–Crippen MR) is 105 cm³/mol. The van der Waals surface area contributed by atoms with E-state index in [0.29, 0.717) is 5.75 Å². The van der Waals surface area contributed by atoms with E-state index in [9.17, 15) is 4.79 Å². The second-order valence-electron chi connectivity index (χ2n) is 6.43. The molecule has 1 aromatic carbocycles. The van der Waals surface area contributed by atoms with E-state index in [1.165, 1.54) is 5.56 Å². The zero-order chi connectivity index (χ0) is 19.2. The molecule has 3 rings (SSSR count). The highest BCUT2D eigenvalue weighted by atomic mass is 16.5. The van der Waals surface area contributed by atoms with Crippen LogP contribution in [0.4, 0.5) is 0 Å². The van der Waals surface area contributed by atoms with Gasteiger partial charge in [0.25, 0.3) is 0 Å². The molecule has 0 amide bonds. The number of Topliss-reactive ketones (excluding diaryl/α,β-unsaturated/α-hetero) is 1. The summed E-state index contributed by atoms with van der Waals surface area (Å²) in [4.78, 5) is 16.5. The topological polar surface area (TPSA) is 53.4 Å². The summed E-state index contributed by atoms with van der Waals surface area (Å²) in [5.74, 6) is 1.48. The summed E-state index contributed by atoms with van der Waals surface area (Å²) >= 11 is 0. The number of hydrogen-bond donors (Lipinski definition) is 0. The average Bonchev–Trinajstić information content (AvgIpc) is 2.99. The number of ether oxygens (including phenoxy) is 2. The van der Waals surface area contributed by atoms with Crippen molar-refractivity contribution in [3.63, 3.8) is 0 Å². The Kier molecular flexibility index (Phi) is 5.91. The molecule has 0 saturated carbocycles. The minimum absolute atomic E-state index is 0.0180. The summed E-state index contributed by atoms with van der Waals surface area (Å²) in [7, 11) is 1.67. The maximum absolute atomic E-state index is 12.6. The molecule has 0 N–H and O–H groups in total. The van der Waals surface area contributed by atoms with Gasteiger partial charge >= 0.3 is 0 Å². The maximum Gasteiger partial charge on any atom is 0.202 e. The SMILES string of the molecule is COc1ccc(CCn2c(C)cc(C(=O)COc3ccncc3)c2C)cc1. The molecule has 27 heavy (non-hydrogen) atoms. The van der Waals surface area contributed by atoms with Crippen molar-refractivity contribution in [1.29, 1.82) is 0 Å². The molecule has 0 atom stereocenters. The number of rotatable bonds is 8. The Morgan fingerprint density at radius 2 is 1.74 bits per heavy atom. The van der Waals surface area contributed by atoms with E-state index < -0.39 is 0 Å². The van der Waals surface area contributed by atoms with Crippen LogP contribution in [0, 0.1) is 13.8 Å². The second-order valence-corrected chi connectivity index (χ2v) is 6.43. The molecule has 140 valence electrons. The van der Waals surface area contributed by atoms with E-state index in [1.54, 1.807) is 31.6 Å². The Labute approximate surface area is 159 Å². The molecule has 0 radical (unpaired) electrons. The van der Waals surface area contributed by atoms with Crippen molar-refractivity contribution in [2.45, 2.75) is 26.8 Å².